The lowest BCUT2D eigenvalue weighted by Gasteiger charge is -2.35. The Kier molecular flexibility index (Phi) is 5.68. The van der Waals surface area contributed by atoms with Crippen molar-refractivity contribution in [3.05, 3.63) is 54.2 Å². The molecule has 1 fully saturated rings. The number of anilines is 2. The summed E-state index contributed by atoms with van der Waals surface area (Å²) in [5.41, 5.74) is 8.42. The summed E-state index contributed by atoms with van der Waals surface area (Å²) in [6.45, 7) is 2.57. The monoisotopic (exact) mass is 459 g/mol. The normalized spacial score (nSPS) is 13.9. The number of carbonyl (C=O) groups is 2. The third-order valence-corrected chi connectivity index (χ3v) is 5.89. The van der Waals surface area contributed by atoms with Crippen LogP contribution in [0, 0.1) is 0 Å². The van der Waals surface area contributed by atoms with Crippen molar-refractivity contribution in [2.24, 2.45) is 12.8 Å². The minimum atomic E-state index is -0.299. The highest BCUT2D eigenvalue weighted by Crippen LogP contribution is 2.23. The fourth-order valence-corrected chi connectivity index (χ4v) is 4.03. The first-order valence-corrected chi connectivity index (χ1v) is 11.0. The molecule has 0 radical (unpaired) electrons. The van der Waals surface area contributed by atoms with Crippen LogP contribution in [0.2, 0.25) is 0 Å². The number of imidazole rings is 1. The van der Waals surface area contributed by atoms with Crippen molar-refractivity contribution in [3.8, 4) is 11.5 Å². The van der Waals surface area contributed by atoms with Crippen molar-refractivity contribution >= 4 is 34.5 Å². The number of benzene rings is 1. The molecule has 3 aromatic heterocycles. The Morgan fingerprint density at radius 1 is 1.12 bits per heavy atom. The Labute approximate surface area is 195 Å². The second-order valence-corrected chi connectivity index (χ2v) is 8.07. The molecule has 1 saturated heterocycles. The molecular formula is C23H25N9O2. The minimum Gasteiger partial charge on any atom is -0.353 e. The molecule has 34 heavy (non-hydrogen) atoms. The van der Waals surface area contributed by atoms with Crippen LogP contribution in [0.3, 0.4) is 0 Å². The number of hydrogen-bond donors (Lipinski definition) is 3. The van der Waals surface area contributed by atoms with Gasteiger partial charge in [-0.1, -0.05) is 12.1 Å². The standard InChI is InChI=1S/C23H25N9O2/c1-30-18(22-26-16-4-2-3-5-17(16)27-22)12-19(29-30)28-23(34)15-6-7-20(25-14-15)31-8-10-32(11-9-31)21(33)13-24/h2-7,12,14H,8-11,13,24H2,1H3,(H,26,27)(H,28,29,34). The topological polar surface area (TPSA) is 138 Å². The number of aromatic amines is 1. The van der Waals surface area contributed by atoms with Gasteiger partial charge in [-0.05, 0) is 24.3 Å². The first-order chi connectivity index (χ1) is 16.5. The maximum Gasteiger partial charge on any atom is 0.258 e. The van der Waals surface area contributed by atoms with Crippen molar-refractivity contribution in [2.75, 3.05) is 42.9 Å². The van der Waals surface area contributed by atoms with Gasteiger partial charge in [0.15, 0.2) is 11.6 Å². The molecule has 5 rings (SSSR count). The number of fused-ring (bicyclic) bond motifs is 1. The Morgan fingerprint density at radius 2 is 1.91 bits per heavy atom. The number of nitrogens with zero attached hydrogens (tertiary/aromatic N) is 6. The quantitative estimate of drug-likeness (QED) is 0.408. The summed E-state index contributed by atoms with van der Waals surface area (Å²) in [6, 6.07) is 13.1. The third kappa shape index (κ3) is 4.20. The number of rotatable bonds is 5. The fourth-order valence-electron chi connectivity index (χ4n) is 4.03. The van der Waals surface area contributed by atoms with Gasteiger partial charge in [-0.15, -0.1) is 0 Å². The van der Waals surface area contributed by atoms with E-state index in [1.54, 1.807) is 35.0 Å². The van der Waals surface area contributed by atoms with Gasteiger partial charge in [-0.2, -0.15) is 5.10 Å². The van der Waals surface area contributed by atoms with Crippen LogP contribution in [0.15, 0.2) is 48.7 Å². The van der Waals surface area contributed by atoms with E-state index < -0.39 is 0 Å². The van der Waals surface area contributed by atoms with Crippen LogP contribution < -0.4 is 16.0 Å². The number of pyridine rings is 1. The number of piperazine rings is 1. The van der Waals surface area contributed by atoms with E-state index in [0.717, 1.165) is 22.5 Å². The first-order valence-electron chi connectivity index (χ1n) is 11.0. The van der Waals surface area contributed by atoms with E-state index in [9.17, 15) is 9.59 Å². The molecular weight excluding hydrogens is 434 g/mol. The van der Waals surface area contributed by atoms with Crippen molar-refractivity contribution in [2.45, 2.75) is 0 Å². The van der Waals surface area contributed by atoms with Crippen molar-refractivity contribution in [3.63, 3.8) is 0 Å². The van der Waals surface area contributed by atoms with Crippen LogP contribution in [0.4, 0.5) is 11.6 Å². The fraction of sp³-hybridized carbons (Fsp3) is 0.261. The molecule has 11 heteroatoms. The summed E-state index contributed by atoms with van der Waals surface area (Å²) in [7, 11) is 1.80. The summed E-state index contributed by atoms with van der Waals surface area (Å²) >= 11 is 0. The number of H-pyrrole nitrogens is 1. The molecule has 11 nitrogen and oxygen atoms in total. The Bertz CT molecular complexity index is 1300. The Morgan fingerprint density at radius 3 is 2.62 bits per heavy atom. The van der Waals surface area contributed by atoms with E-state index in [2.05, 4.69) is 30.3 Å². The zero-order chi connectivity index (χ0) is 23.7. The minimum absolute atomic E-state index is 0.0259. The number of carbonyl (C=O) groups excluding carboxylic acids is 2. The van der Waals surface area contributed by atoms with Crippen LogP contribution in [-0.2, 0) is 11.8 Å². The lowest BCUT2D eigenvalue weighted by atomic mass is 10.2. The molecule has 1 aliphatic rings. The van der Waals surface area contributed by atoms with Gasteiger partial charge < -0.3 is 25.8 Å². The summed E-state index contributed by atoms with van der Waals surface area (Å²) < 4.78 is 1.67. The molecule has 1 aliphatic heterocycles. The first kappa shape index (κ1) is 21.6. The number of hydrogen-bond acceptors (Lipinski definition) is 7. The van der Waals surface area contributed by atoms with Gasteiger partial charge in [-0.25, -0.2) is 9.97 Å². The SMILES string of the molecule is Cn1nc(NC(=O)c2ccc(N3CCN(C(=O)CN)CC3)nc2)cc1-c1nc2ccccc2[nH]1. The molecule has 0 bridgehead atoms. The van der Waals surface area contributed by atoms with Crippen LogP contribution in [-0.4, -0.2) is 74.2 Å². The summed E-state index contributed by atoms with van der Waals surface area (Å²) in [4.78, 5) is 40.6. The number of aromatic nitrogens is 5. The Hall–Kier alpha value is -4.25. The molecule has 0 saturated carbocycles. The van der Waals surface area contributed by atoms with Gasteiger partial charge >= 0.3 is 0 Å². The molecule has 4 heterocycles. The highest BCUT2D eigenvalue weighted by atomic mass is 16.2. The highest BCUT2D eigenvalue weighted by molar-refractivity contribution is 6.03. The molecule has 0 atom stereocenters. The molecule has 0 aliphatic carbocycles. The van der Waals surface area contributed by atoms with Crippen molar-refractivity contribution in [1.82, 2.24) is 29.6 Å². The van der Waals surface area contributed by atoms with E-state index in [4.69, 9.17) is 5.73 Å². The number of nitrogens with two attached hydrogens (primary N) is 1. The van der Waals surface area contributed by atoms with Gasteiger partial charge in [0.25, 0.3) is 5.91 Å². The molecule has 4 aromatic rings. The van der Waals surface area contributed by atoms with Gasteiger partial charge in [0.2, 0.25) is 5.91 Å². The largest absolute Gasteiger partial charge is 0.353 e. The average Bonchev–Trinajstić information content (AvgIpc) is 3.46. The highest BCUT2D eigenvalue weighted by Gasteiger charge is 2.21. The van der Waals surface area contributed by atoms with Crippen molar-refractivity contribution in [1.29, 1.82) is 0 Å². The maximum atomic E-state index is 12.8. The van der Waals surface area contributed by atoms with Gasteiger partial charge in [-0.3, -0.25) is 14.3 Å². The zero-order valence-electron chi connectivity index (χ0n) is 18.7. The summed E-state index contributed by atoms with van der Waals surface area (Å²) in [6.07, 6.45) is 1.55. The van der Waals surface area contributed by atoms with Crippen LogP contribution in [0.1, 0.15) is 10.4 Å². The van der Waals surface area contributed by atoms with E-state index in [1.165, 1.54) is 0 Å². The average molecular weight is 460 g/mol. The molecule has 4 N–H and O–H groups in total. The smallest absolute Gasteiger partial charge is 0.258 e. The van der Waals surface area contributed by atoms with Gasteiger partial charge in [0, 0.05) is 45.5 Å². The molecule has 0 spiro atoms. The molecule has 2 amide bonds. The summed E-state index contributed by atoms with van der Waals surface area (Å²) in [5, 5.41) is 7.22. The van der Waals surface area contributed by atoms with E-state index in [-0.39, 0.29) is 18.4 Å². The summed E-state index contributed by atoms with van der Waals surface area (Å²) in [5.74, 6) is 1.52. The number of para-hydroxylation sites is 2. The van der Waals surface area contributed by atoms with Crippen molar-refractivity contribution < 1.29 is 9.59 Å². The second-order valence-electron chi connectivity index (χ2n) is 8.07. The van der Waals surface area contributed by atoms with Crippen LogP contribution >= 0.6 is 0 Å². The third-order valence-electron chi connectivity index (χ3n) is 5.89. The van der Waals surface area contributed by atoms with Crippen LogP contribution in [0.5, 0.6) is 0 Å². The lowest BCUT2D eigenvalue weighted by molar-refractivity contribution is -0.129. The number of nitrogens with one attached hydrogen (secondary N) is 2. The van der Waals surface area contributed by atoms with Gasteiger partial charge in [0.1, 0.15) is 11.5 Å². The van der Waals surface area contributed by atoms with E-state index >= 15 is 0 Å². The van der Waals surface area contributed by atoms with Crippen LogP contribution in [0.25, 0.3) is 22.6 Å². The number of amides is 2. The predicted molar refractivity (Wildman–Crippen MR) is 128 cm³/mol. The number of aryl methyl sites for hydroxylation is 1. The zero-order valence-corrected chi connectivity index (χ0v) is 18.7. The predicted octanol–water partition coefficient (Wildman–Crippen LogP) is 1.22. The molecule has 1 aromatic carbocycles. The Balaban J connectivity index is 1.24. The second kappa shape index (κ2) is 8.94. The van der Waals surface area contributed by atoms with Gasteiger partial charge in [0.05, 0.1) is 23.1 Å². The maximum absolute atomic E-state index is 12.8. The van der Waals surface area contributed by atoms with E-state index in [0.29, 0.717) is 43.4 Å². The van der Waals surface area contributed by atoms with E-state index in [1.807, 2.05) is 30.3 Å². The molecule has 0 unspecified atom stereocenters. The lowest BCUT2D eigenvalue weighted by Crippen LogP contribution is -2.50. The molecule has 174 valence electrons.